The van der Waals surface area contributed by atoms with Gasteiger partial charge in [0.2, 0.25) is 0 Å². The van der Waals surface area contributed by atoms with Gasteiger partial charge in [-0.25, -0.2) is 0 Å². The highest BCUT2D eigenvalue weighted by atomic mass is 16.5. The Morgan fingerprint density at radius 3 is 2.37 bits per heavy atom. The Bertz CT molecular complexity index is 657. The highest BCUT2D eigenvalue weighted by molar-refractivity contribution is 5.88. The van der Waals surface area contributed by atoms with Crippen molar-refractivity contribution >= 4 is 10.8 Å². The molecule has 0 N–H and O–H groups in total. The van der Waals surface area contributed by atoms with E-state index in [4.69, 9.17) is 9.47 Å². The first-order chi connectivity index (χ1) is 9.03. The van der Waals surface area contributed by atoms with Crippen LogP contribution in [0.25, 0.3) is 10.8 Å². The van der Waals surface area contributed by atoms with E-state index in [0.29, 0.717) is 11.5 Å². The fourth-order valence-corrected chi connectivity index (χ4v) is 2.05. The van der Waals surface area contributed by atoms with Gasteiger partial charge in [-0.2, -0.15) is 5.26 Å². The lowest BCUT2D eigenvalue weighted by atomic mass is 9.87. The van der Waals surface area contributed by atoms with Gasteiger partial charge in [0, 0.05) is 11.6 Å². The molecule has 0 radical (unpaired) electrons. The van der Waals surface area contributed by atoms with Crippen LogP contribution in [-0.4, -0.2) is 19.2 Å². The van der Waals surface area contributed by atoms with Crippen LogP contribution >= 0.6 is 0 Å². The third kappa shape index (κ3) is 2.19. The summed E-state index contributed by atoms with van der Waals surface area (Å²) in [7, 11) is 3.19. The number of benzene rings is 1. The highest BCUT2D eigenvalue weighted by Crippen LogP contribution is 2.36. The maximum absolute atomic E-state index is 9.29. The number of aromatic nitrogens is 1. The molecule has 1 aromatic carbocycles. The molecular weight excluding hydrogens is 240 g/mol. The van der Waals surface area contributed by atoms with E-state index in [1.54, 1.807) is 20.4 Å². The third-order valence-electron chi connectivity index (χ3n) is 3.14. The maximum atomic E-state index is 9.29. The van der Waals surface area contributed by atoms with Gasteiger partial charge in [0.1, 0.15) is 0 Å². The van der Waals surface area contributed by atoms with Crippen molar-refractivity contribution < 1.29 is 9.47 Å². The van der Waals surface area contributed by atoms with Crippen molar-refractivity contribution in [1.82, 2.24) is 4.98 Å². The van der Waals surface area contributed by atoms with Gasteiger partial charge in [0.25, 0.3) is 0 Å². The molecule has 0 aliphatic rings. The summed E-state index contributed by atoms with van der Waals surface area (Å²) in [5.74, 6) is 1.31. The SMILES string of the molecule is COc1cc2ccnc(C(C)(C)C#N)c2cc1OC. The normalized spacial score (nSPS) is 11.1. The Morgan fingerprint density at radius 2 is 1.79 bits per heavy atom. The molecule has 19 heavy (non-hydrogen) atoms. The lowest BCUT2D eigenvalue weighted by Crippen LogP contribution is -2.16. The molecule has 0 unspecified atom stereocenters. The van der Waals surface area contributed by atoms with Crippen LogP contribution in [0.15, 0.2) is 24.4 Å². The van der Waals surface area contributed by atoms with Gasteiger partial charge in [-0.1, -0.05) is 0 Å². The second-order valence-corrected chi connectivity index (χ2v) is 4.82. The Kier molecular flexibility index (Phi) is 3.30. The summed E-state index contributed by atoms with van der Waals surface area (Å²) in [6.07, 6.45) is 1.71. The van der Waals surface area contributed by atoms with Crippen molar-refractivity contribution in [2.45, 2.75) is 19.3 Å². The standard InChI is InChI=1S/C15H16N2O2/c1-15(2,9-16)14-11-8-13(19-4)12(18-3)7-10(11)5-6-17-14/h5-8H,1-4H3. The van der Waals surface area contributed by atoms with Crippen LogP contribution in [0.4, 0.5) is 0 Å². The largest absolute Gasteiger partial charge is 0.493 e. The molecule has 0 saturated heterocycles. The predicted octanol–water partition coefficient (Wildman–Crippen LogP) is 3.05. The molecule has 0 atom stereocenters. The van der Waals surface area contributed by atoms with Gasteiger partial charge < -0.3 is 9.47 Å². The van der Waals surface area contributed by atoms with Crippen LogP contribution in [0.3, 0.4) is 0 Å². The van der Waals surface area contributed by atoms with Crippen molar-refractivity contribution in [2.75, 3.05) is 14.2 Å². The number of hydrogen-bond acceptors (Lipinski definition) is 4. The van der Waals surface area contributed by atoms with Crippen LogP contribution in [0, 0.1) is 11.3 Å². The lowest BCUT2D eigenvalue weighted by molar-refractivity contribution is 0.356. The Hall–Kier alpha value is -2.28. The topological polar surface area (TPSA) is 55.1 Å². The minimum Gasteiger partial charge on any atom is -0.493 e. The van der Waals surface area contributed by atoms with Crippen molar-refractivity contribution in [3.8, 4) is 17.6 Å². The lowest BCUT2D eigenvalue weighted by Gasteiger charge is -2.18. The first-order valence-corrected chi connectivity index (χ1v) is 5.96. The maximum Gasteiger partial charge on any atom is 0.161 e. The summed E-state index contributed by atoms with van der Waals surface area (Å²) in [6, 6.07) is 7.94. The van der Waals surface area contributed by atoms with Crippen LogP contribution in [-0.2, 0) is 5.41 Å². The van der Waals surface area contributed by atoms with Gasteiger partial charge in [-0.15, -0.1) is 0 Å². The summed E-state index contributed by atoms with van der Waals surface area (Å²) in [5.41, 5.74) is 0.0903. The minimum atomic E-state index is -0.654. The first-order valence-electron chi connectivity index (χ1n) is 5.96. The number of pyridine rings is 1. The van der Waals surface area contributed by atoms with E-state index in [9.17, 15) is 5.26 Å². The Balaban J connectivity index is 2.79. The molecule has 0 aliphatic heterocycles. The minimum absolute atomic E-state index is 0.637. The number of rotatable bonds is 3. The van der Waals surface area contributed by atoms with Gasteiger partial charge in [-0.05, 0) is 37.4 Å². The predicted molar refractivity (Wildman–Crippen MR) is 73.5 cm³/mol. The number of hydrogen-bond donors (Lipinski definition) is 0. The third-order valence-corrected chi connectivity index (χ3v) is 3.14. The average molecular weight is 256 g/mol. The van der Waals surface area contributed by atoms with Gasteiger partial charge in [0.05, 0.1) is 31.4 Å². The second kappa shape index (κ2) is 4.77. The fraction of sp³-hybridized carbons (Fsp3) is 0.333. The molecule has 2 rings (SSSR count). The zero-order valence-corrected chi connectivity index (χ0v) is 11.5. The van der Waals surface area contributed by atoms with E-state index in [-0.39, 0.29) is 0 Å². The van der Waals surface area contributed by atoms with Crippen LogP contribution in [0.2, 0.25) is 0 Å². The molecule has 0 aliphatic carbocycles. The number of methoxy groups -OCH3 is 2. The summed E-state index contributed by atoms with van der Waals surface area (Å²) in [6.45, 7) is 3.71. The quantitative estimate of drug-likeness (QED) is 0.847. The number of fused-ring (bicyclic) bond motifs is 1. The molecule has 0 fully saturated rings. The molecule has 4 nitrogen and oxygen atoms in total. The van der Waals surface area contributed by atoms with E-state index in [1.165, 1.54) is 0 Å². The van der Waals surface area contributed by atoms with Crippen molar-refractivity contribution in [3.05, 3.63) is 30.1 Å². The van der Waals surface area contributed by atoms with E-state index in [2.05, 4.69) is 11.1 Å². The van der Waals surface area contributed by atoms with Gasteiger partial charge in [0.15, 0.2) is 11.5 Å². The van der Waals surface area contributed by atoms with Gasteiger partial charge in [-0.3, -0.25) is 4.98 Å². The fourth-order valence-electron chi connectivity index (χ4n) is 2.05. The van der Waals surface area contributed by atoms with Gasteiger partial charge >= 0.3 is 0 Å². The summed E-state index contributed by atoms with van der Waals surface area (Å²) >= 11 is 0. The Labute approximate surface area is 112 Å². The highest BCUT2D eigenvalue weighted by Gasteiger charge is 2.24. The molecule has 1 heterocycles. The first kappa shape index (κ1) is 13.2. The number of nitrogens with zero attached hydrogens (tertiary/aromatic N) is 2. The zero-order valence-electron chi connectivity index (χ0n) is 11.5. The molecule has 0 bridgehead atoms. The smallest absolute Gasteiger partial charge is 0.161 e. The van der Waals surface area contributed by atoms with E-state index < -0.39 is 5.41 Å². The summed E-state index contributed by atoms with van der Waals surface area (Å²) in [5, 5.41) is 11.2. The van der Waals surface area contributed by atoms with E-state index in [1.807, 2.05) is 32.0 Å². The molecular formula is C15H16N2O2. The second-order valence-electron chi connectivity index (χ2n) is 4.82. The van der Waals surface area contributed by atoms with E-state index in [0.717, 1.165) is 16.5 Å². The summed E-state index contributed by atoms with van der Waals surface area (Å²) in [4.78, 5) is 4.36. The monoisotopic (exact) mass is 256 g/mol. The van der Waals surface area contributed by atoms with Crippen molar-refractivity contribution in [1.29, 1.82) is 5.26 Å². The van der Waals surface area contributed by atoms with Crippen molar-refractivity contribution in [2.24, 2.45) is 0 Å². The summed E-state index contributed by atoms with van der Waals surface area (Å²) < 4.78 is 10.6. The molecule has 2 aromatic rings. The van der Waals surface area contributed by atoms with E-state index >= 15 is 0 Å². The molecule has 4 heteroatoms. The molecule has 0 amide bonds. The Morgan fingerprint density at radius 1 is 1.16 bits per heavy atom. The zero-order chi connectivity index (χ0) is 14.0. The molecule has 98 valence electrons. The average Bonchev–Trinajstić information content (AvgIpc) is 2.44. The molecule has 1 aromatic heterocycles. The van der Waals surface area contributed by atoms with Crippen LogP contribution in [0.5, 0.6) is 11.5 Å². The van der Waals surface area contributed by atoms with Crippen LogP contribution in [0.1, 0.15) is 19.5 Å². The molecule has 0 spiro atoms. The molecule has 0 saturated carbocycles. The number of nitriles is 1. The van der Waals surface area contributed by atoms with Crippen LogP contribution < -0.4 is 9.47 Å². The van der Waals surface area contributed by atoms with Crippen molar-refractivity contribution in [3.63, 3.8) is 0 Å². The number of ether oxygens (including phenoxy) is 2.